The topological polar surface area (TPSA) is 21.3 Å². The van der Waals surface area contributed by atoms with Crippen molar-refractivity contribution in [1.82, 2.24) is 5.32 Å². The monoisotopic (exact) mass is 313 g/mol. The van der Waals surface area contributed by atoms with Gasteiger partial charge in [0.1, 0.15) is 18.2 Å². The Morgan fingerprint density at radius 2 is 1.85 bits per heavy atom. The molecule has 2 aromatic rings. The molecule has 20 heavy (non-hydrogen) atoms. The average Bonchev–Trinajstić information content (AvgIpc) is 2.40. The molecule has 0 aliphatic rings. The highest BCUT2D eigenvalue weighted by Crippen LogP contribution is 2.27. The lowest BCUT2D eigenvalue weighted by Gasteiger charge is -2.13. The van der Waals surface area contributed by atoms with Crippen LogP contribution in [0.25, 0.3) is 0 Å². The summed E-state index contributed by atoms with van der Waals surface area (Å²) in [6.45, 7) is 0.754. The van der Waals surface area contributed by atoms with Gasteiger partial charge in [0.15, 0.2) is 0 Å². The zero-order valence-electron chi connectivity index (χ0n) is 10.9. The molecule has 0 atom stereocenters. The second-order valence-electron chi connectivity index (χ2n) is 4.27. The third-order valence-corrected chi connectivity index (χ3v) is 3.53. The molecule has 5 heteroatoms. The quantitative estimate of drug-likeness (QED) is 0.881. The lowest BCUT2D eigenvalue weighted by molar-refractivity contribution is 0.302. The first-order valence-corrected chi connectivity index (χ1v) is 6.86. The normalized spacial score (nSPS) is 10.6. The Balaban J connectivity index is 2.18. The van der Waals surface area contributed by atoms with Gasteiger partial charge in [0.2, 0.25) is 0 Å². The van der Waals surface area contributed by atoms with Crippen LogP contribution >= 0.6 is 23.2 Å². The molecule has 1 N–H and O–H groups in total. The SMILES string of the molecule is CNCc1cc(F)ccc1OCc1c(Cl)cccc1Cl. The van der Waals surface area contributed by atoms with Crippen molar-refractivity contribution in [3.63, 3.8) is 0 Å². The highest BCUT2D eigenvalue weighted by Gasteiger charge is 2.09. The van der Waals surface area contributed by atoms with E-state index in [0.29, 0.717) is 22.3 Å². The molecule has 2 aromatic carbocycles. The molecule has 0 bridgehead atoms. The van der Waals surface area contributed by atoms with Crippen LogP contribution in [0.15, 0.2) is 36.4 Å². The van der Waals surface area contributed by atoms with E-state index in [1.54, 1.807) is 31.3 Å². The third-order valence-electron chi connectivity index (χ3n) is 2.82. The molecule has 0 unspecified atom stereocenters. The number of hydrogen-bond donors (Lipinski definition) is 1. The van der Waals surface area contributed by atoms with Crippen molar-refractivity contribution in [2.24, 2.45) is 0 Å². The summed E-state index contributed by atoms with van der Waals surface area (Å²) < 4.78 is 19.0. The van der Waals surface area contributed by atoms with Gasteiger partial charge in [-0.3, -0.25) is 0 Å². The van der Waals surface area contributed by atoms with Gasteiger partial charge in [0, 0.05) is 27.7 Å². The standard InChI is InChI=1S/C15H14Cl2FNO/c1-19-8-10-7-11(18)5-6-15(10)20-9-12-13(16)3-2-4-14(12)17/h2-7,19H,8-9H2,1H3. The van der Waals surface area contributed by atoms with Crippen molar-refractivity contribution in [3.8, 4) is 5.75 Å². The summed E-state index contributed by atoms with van der Waals surface area (Å²) in [5.41, 5.74) is 1.46. The van der Waals surface area contributed by atoms with Gasteiger partial charge < -0.3 is 10.1 Å². The second kappa shape index (κ2) is 6.93. The predicted molar refractivity (Wildman–Crippen MR) is 80.0 cm³/mol. The Hall–Kier alpha value is -1.29. The summed E-state index contributed by atoms with van der Waals surface area (Å²) in [6.07, 6.45) is 0. The van der Waals surface area contributed by atoms with E-state index in [1.807, 2.05) is 0 Å². The predicted octanol–water partition coefficient (Wildman–Crippen LogP) is 4.43. The van der Waals surface area contributed by atoms with Crippen LogP contribution in [0, 0.1) is 5.82 Å². The first kappa shape index (κ1) is 15.1. The Kier molecular flexibility index (Phi) is 5.24. The fourth-order valence-corrected chi connectivity index (χ4v) is 2.34. The maximum Gasteiger partial charge on any atom is 0.124 e. The fraction of sp³-hybridized carbons (Fsp3) is 0.200. The summed E-state index contributed by atoms with van der Waals surface area (Å²) >= 11 is 12.2. The molecule has 0 aliphatic carbocycles. The number of ether oxygens (including phenoxy) is 1. The van der Waals surface area contributed by atoms with E-state index in [0.717, 1.165) is 11.1 Å². The molecular weight excluding hydrogens is 300 g/mol. The molecule has 0 fully saturated rings. The van der Waals surface area contributed by atoms with E-state index < -0.39 is 0 Å². The Bertz CT molecular complexity index is 584. The molecule has 106 valence electrons. The molecule has 0 spiro atoms. The van der Waals surface area contributed by atoms with E-state index >= 15 is 0 Å². The number of halogens is 3. The number of hydrogen-bond acceptors (Lipinski definition) is 2. The molecule has 0 heterocycles. The van der Waals surface area contributed by atoms with Crippen molar-refractivity contribution in [2.45, 2.75) is 13.2 Å². The first-order valence-electron chi connectivity index (χ1n) is 6.10. The second-order valence-corrected chi connectivity index (χ2v) is 5.09. The van der Waals surface area contributed by atoms with Crippen molar-refractivity contribution >= 4 is 23.2 Å². The maximum absolute atomic E-state index is 13.2. The summed E-state index contributed by atoms with van der Waals surface area (Å²) in [7, 11) is 1.79. The van der Waals surface area contributed by atoms with E-state index in [2.05, 4.69) is 5.32 Å². The molecule has 0 saturated heterocycles. The van der Waals surface area contributed by atoms with Gasteiger partial charge in [-0.05, 0) is 37.4 Å². The van der Waals surface area contributed by atoms with E-state index in [1.165, 1.54) is 12.1 Å². The summed E-state index contributed by atoms with van der Waals surface area (Å²) in [6, 6.07) is 9.70. The van der Waals surface area contributed by atoms with Gasteiger partial charge in [0.25, 0.3) is 0 Å². The zero-order valence-corrected chi connectivity index (χ0v) is 12.4. The maximum atomic E-state index is 13.2. The Morgan fingerprint density at radius 3 is 2.50 bits per heavy atom. The van der Waals surface area contributed by atoms with Crippen LogP contribution in [-0.4, -0.2) is 7.05 Å². The van der Waals surface area contributed by atoms with Crippen LogP contribution in [0.4, 0.5) is 4.39 Å². The minimum absolute atomic E-state index is 0.237. The van der Waals surface area contributed by atoms with Crippen molar-refractivity contribution in [1.29, 1.82) is 0 Å². The summed E-state index contributed by atoms with van der Waals surface area (Å²) in [5, 5.41) is 4.08. The molecule has 0 amide bonds. The third kappa shape index (κ3) is 3.63. The molecule has 0 saturated carbocycles. The van der Waals surface area contributed by atoms with Crippen LogP contribution in [0.2, 0.25) is 10.0 Å². The summed E-state index contributed by atoms with van der Waals surface area (Å²) in [5.74, 6) is 0.315. The highest BCUT2D eigenvalue weighted by molar-refractivity contribution is 6.35. The number of nitrogens with one attached hydrogen (secondary N) is 1. The minimum Gasteiger partial charge on any atom is -0.488 e. The molecule has 0 aromatic heterocycles. The van der Waals surface area contributed by atoms with Crippen LogP contribution in [0.1, 0.15) is 11.1 Å². The zero-order chi connectivity index (χ0) is 14.5. The first-order chi connectivity index (χ1) is 9.61. The van der Waals surface area contributed by atoms with Gasteiger partial charge in [0.05, 0.1) is 0 Å². The Morgan fingerprint density at radius 1 is 1.15 bits per heavy atom. The van der Waals surface area contributed by atoms with Crippen LogP contribution in [0.3, 0.4) is 0 Å². The van der Waals surface area contributed by atoms with E-state index in [9.17, 15) is 4.39 Å². The van der Waals surface area contributed by atoms with Gasteiger partial charge >= 0.3 is 0 Å². The van der Waals surface area contributed by atoms with Gasteiger partial charge in [-0.1, -0.05) is 29.3 Å². The number of benzene rings is 2. The Labute approximate surface area is 127 Å². The largest absolute Gasteiger partial charge is 0.488 e. The van der Waals surface area contributed by atoms with Crippen molar-refractivity contribution < 1.29 is 9.13 Å². The van der Waals surface area contributed by atoms with Crippen molar-refractivity contribution in [2.75, 3.05) is 7.05 Å². The minimum atomic E-state index is -0.293. The van der Waals surface area contributed by atoms with Gasteiger partial charge in [-0.2, -0.15) is 0 Å². The lowest BCUT2D eigenvalue weighted by Crippen LogP contribution is -2.08. The summed E-state index contributed by atoms with van der Waals surface area (Å²) in [4.78, 5) is 0. The van der Waals surface area contributed by atoms with Crippen LogP contribution < -0.4 is 10.1 Å². The highest BCUT2D eigenvalue weighted by atomic mass is 35.5. The fourth-order valence-electron chi connectivity index (χ4n) is 1.84. The van der Waals surface area contributed by atoms with E-state index in [-0.39, 0.29) is 12.4 Å². The molecule has 2 rings (SSSR count). The molecular formula is C15H14Cl2FNO. The van der Waals surface area contributed by atoms with E-state index in [4.69, 9.17) is 27.9 Å². The average molecular weight is 314 g/mol. The molecule has 2 nitrogen and oxygen atoms in total. The molecule has 0 radical (unpaired) electrons. The smallest absolute Gasteiger partial charge is 0.124 e. The van der Waals surface area contributed by atoms with Crippen LogP contribution in [-0.2, 0) is 13.2 Å². The van der Waals surface area contributed by atoms with Crippen LogP contribution in [0.5, 0.6) is 5.75 Å². The van der Waals surface area contributed by atoms with Gasteiger partial charge in [-0.25, -0.2) is 4.39 Å². The number of rotatable bonds is 5. The molecule has 0 aliphatic heterocycles. The van der Waals surface area contributed by atoms with Gasteiger partial charge in [-0.15, -0.1) is 0 Å². The van der Waals surface area contributed by atoms with Crippen molar-refractivity contribution in [3.05, 3.63) is 63.4 Å². The lowest BCUT2D eigenvalue weighted by atomic mass is 10.2.